The largest absolute Gasteiger partial charge is 0.495 e. The normalized spacial score (nSPS) is 15.7. The van der Waals surface area contributed by atoms with Crippen molar-refractivity contribution in [2.24, 2.45) is 0 Å². The molecule has 1 aliphatic heterocycles. The van der Waals surface area contributed by atoms with Crippen LogP contribution in [0.2, 0.25) is 5.02 Å². The number of methoxy groups -OCH3 is 3. The summed E-state index contributed by atoms with van der Waals surface area (Å²) in [6.07, 6.45) is 0.819. The summed E-state index contributed by atoms with van der Waals surface area (Å²) in [5, 5.41) is 5.46. The first-order chi connectivity index (χ1) is 15.5. The lowest BCUT2D eigenvalue weighted by molar-refractivity contribution is -0.117. The van der Waals surface area contributed by atoms with Crippen LogP contribution in [-0.2, 0) is 11.2 Å². The summed E-state index contributed by atoms with van der Waals surface area (Å²) < 4.78 is 16.2. The van der Waals surface area contributed by atoms with Crippen molar-refractivity contribution >= 4 is 34.5 Å². The fourth-order valence-electron chi connectivity index (χ4n) is 4.08. The lowest BCUT2D eigenvalue weighted by atomic mass is 9.91. The number of carbonyl (C=O) groups excluding carboxylic acids is 1. The molecular formula is C24H25ClN2O4S. The molecular weight excluding hydrogens is 448 g/mol. The molecule has 6 nitrogen and oxygen atoms in total. The van der Waals surface area contributed by atoms with Crippen LogP contribution in [0, 0.1) is 0 Å². The van der Waals surface area contributed by atoms with Crippen LogP contribution in [0.25, 0.3) is 0 Å². The molecule has 0 spiro atoms. The van der Waals surface area contributed by atoms with E-state index in [9.17, 15) is 4.79 Å². The van der Waals surface area contributed by atoms with Gasteiger partial charge in [0.2, 0.25) is 5.91 Å². The first-order valence-electron chi connectivity index (χ1n) is 10.2. The number of carbonyl (C=O) groups is 1. The molecule has 0 fully saturated rings. The predicted molar refractivity (Wildman–Crippen MR) is 128 cm³/mol. The van der Waals surface area contributed by atoms with Gasteiger partial charge in [0.25, 0.3) is 0 Å². The fourth-order valence-corrected chi connectivity index (χ4v) is 5.21. The maximum atomic E-state index is 12.9. The van der Waals surface area contributed by atoms with Crippen LogP contribution in [0.5, 0.6) is 17.2 Å². The Morgan fingerprint density at radius 3 is 2.50 bits per heavy atom. The second-order valence-electron chi connectivity index (χ2n) is 7.44. The molecule has 0 aliphatic carbocycles. The van der Waals surface area contributed by atoms with E-state index >= 15 is 0 Å². The summed E-state index contributed by atoms with van der Waals surface area (Å²) >= 11 is 7.88. The molecule has 3 aromatic rings. The van der Waals surface area contributed by atoms with Gasteiger partial charge in [-0.25, -0.2) is 0 Å². The molecule has 2 heterocycles. The molecule has 0 unspecified atom stereocenters. The number of ether oxygens (including phenoxy) is 3. The van der Waals surface area contributed by atoms with E-state index in [1.54, 1.807) is 50.9 Å². The molecule has 0 radical (unpaired) electrons. The van der Waals surface area contributed by atoms with E-state index in [0.29, 0.717) is 22.2 Å². The van der Waals surface area contributed by atoms with Crippen molar-refractivity contribution in [3.63, 3.8) is 0 Å². The van der Waals surface area contributed by atoms with Crippen molar-refractivity contribution in [3.8, 4) is 17.2 Å². The van der Waals surface area contributed by atoms with E-state index in [0.717, 1.165) is 24.3 Å². The summed E-state index contributed by atoms with van der Waals surface area (Å²) in [4.78, 5) is 16.3. The highest BCUT2D eigenvalue weighted by Crippen LogP contribution is 2.42. The van der Waals surface area contributed by atoms with E-state index in [-0.39, 0.29) is 18.5 Å². The number of hydrogen-bond acceptors (Lipinski definition) is 6. The van der Waals surface area contributed by atoms with Gasteiger partial charge in [0.05, 0.1) is 38.9 Å². The molecule has 0 bridgehead atoms. The van der Waals surface area contributed by atoms with Gasteiger partial charge < -0.3 is 19.5 Å². The van der Waals surface area contributed by atoms with Gasteiger partial charge in [-0.05, 0) is 59.3 Å². The lowest BCUT2D eigenvalue weighted by Gasteiger charge is -2.37. The van der Waals surface area contributed by atoms with Crippen LogP contribution >= 0.6 is 22.9 Å². The van der Waals surface area contributed by atoms with Gasteiger partial charge in [0, 0.05) is 17.1 Å². The molecule has 168 valence electrons. The topological polar surface area (TPSA) is 60.0 Å². The molecule has 0 saturated carbocycles. The number of amides is 1. The van der Waals surface area contributed by atoms with Crippen molar-refractivity contribution in [2.75, 3.05) is 39.7 Å². The number of fused-ring (bicyclic) bond motifs is 1. The third kappa shape index (κ3) is 4.55. The minimum Gasteiger partial charge on any atom is -0.495 e. The average Bonchev–Trinajstić information content (AvgIpc) is 3.32. The molecule has 8 heteroatoms. The van der Waals surface area contributed by atoms with Crippen LogP contribution in [0.15, 0.2) is 47.8 Å². The van der Waals surface area contributed by atoms with E-state index < -0.39 is 0 Å². The third-order valence-electron chi connectivity index (χ3n) is 5.57. The standard InChI is InChI=1S/C24H25ClN2O4S/c1-29-19-7-6-16(12-18(19)25)26-23(28)14-27-9-8-15-11-20(30-2)21(31-3)13-17(15)24(27)22-5-4-10-32-22/h4-7,10-13,24H,8-9,14H2,1-3H3,(H,26,28)/t24-/m1/s1. The quantitative estimate of drug-likeness (QED) is 0.523. The second kappa shape index (κ2) is 9.81. The van der Waals surface area contributed by atoms with Gasteiger partial charge in [-0.1, -0.05) is 17.7 Å². The Balaban J connectivity index is 1.60. The summed E-state index contributed by atoms with van der Waals surface area (Å²) in [5.74, 6) is 1.88. The smallest absolute Gasteiger partial charge is 0.238 e. The Hall–Kier alpha value is -2.74. The highest BCUT2D eigenvalue weighted by atomic mass is 35.5. The Bertz CT molecular complexity index is 1100. The van der Waals surface area contributed by atoms with Gasteiger partial charge in [-0.15, -0.1) is 11.3 Å². The molecule has 1 aliphatic rings. The van der Waals surface area contributed by atoms with Crippen LogP contribution in [0.4, 0.5) is 5.69 Å². The van der Waals surface area contributed by atoms with Crippen LogP contribution < -0.4 is 19.5 Å². The van der Waals surface area contributed by atoms with Crippen molar-refractivity contribution in [1.29, 1.82) is 0 Å². The number of nitrogens with zero attached hydrogens (tertiary/aromatic N) is 1. The van der Waals surface area contributed by atoms with Gasteiger partial charge in [-0.2, -0.15) is 0 Å². The van der Waals surface area contributed by atoms with E-state index in [2.05, 4.69) is 21.7 Å². The maximum absolute atomic E-state index is 12.9. The molecule has 2 aromatic carbocycles. The van der Waals surface area contributed by atoms with Crippen molar-refractivity contribution in [2.45, 2.75) is 12.5 Å². The Kier molecular flexibility index (Phi) is 6.89. The van der Waals surface area contributed by atoms with Crippen LogP contribution in [-0.4, -0.2) is 45.2 Å². The van der Waals surface area contributed by atoms with Crippen molar-refractivity contribution in [1.82, 2.24) is 4.90 Å². The number of halogens is 1. The van der Waals surface area contributed by atoms with E-state index in [1.165, 1.54) is 10.4 Å². The third-order valence-corrected chi connectivity index (χ3v) is 6.79. The first-order valence-corrected chi connectivity index (χ1v) is 11.5. The second-order valence-corrected chi connectivity index (χ2v) is 8.83. The monoisotopic (exact) mass is 472 g/mol. The molecule has 1 amide bonds. The van der Waals surface area contributed by atoms with Crippen LogP contribution in [0.3, 0.4) is 0 Å². The Labute approximate surface area is 196 Å². The van der Waals surface area contributed by atoms with Crippen LogP contribution in [0.1, 0.15) is 22.0 Å². The molecule has 32 heavy (non-hydrogen) atoms. The van der Waals surface area contributed by atoms with Gasteiger partial charge in [0.1, 0.15) is 5.75 Å². The number of benzene rings is 2. The van der Waals surface area contributed by atoms with Crippen molar-refractivity contribution < 1.29 is 19.0 Å². The molecule has 0 saturated heterocycles. The number of hydrogen-bond donors (Lipinski definition) is 1. The lowest BCUT2D eigenvalue weighted by Crippen LogP contribution is -2.40. The molecule has 1 aromatic heterocycles. The summed E-state index contributed by atoms with van der Waals surface area (Å²) in [5.41, 5.74) is 2.98. The number of nitrogens with one attached hydrogen (secondary N) is 1. The summed E-state index contributed by atoms with van der Waals surface area (Å²) in [6.45, 7) is 1.00. The fraction of sp³-hybridized carbons (Fsp3) is 0.292. The molecule has 1 N–H and O–H groups in total. The number of thiophene rings is 1. The highest BCUT2D eigenvalue weighted by Gasteiger charge is 2.32. The van der Waals surface area contributed by atoms with Gasteiger partial charge in [0.15, 0.2) is 11.5 Å². The average molecular weight is 473 g/mol. The Morgan fingerprint density at radius 1 is 1.09 bits per heavy atom. The number of anilines is 1. The zero-order valence-electron chi connectivity index (χ0n) is 18.2. The highest BCUT2D eigenvalue weighted by molar-refractivity contribution is 7.10. The van der Waals surface area contributed by atoms with Gasteiger partial charge >= 0.3 is 0 Å². The predicted octanol–water partition coefficient (Wildman–Crippen LogP) is 5.01. The molecule has 1 atom stereocenters. The van der Waals surface area contributed by atoms with E-state index in [1.807, 2.05) is 18.2 Å². The SMILES string of the molecule is COc1ccc(NC(=O)CN2CCc3cc(OC)c(OC)cc3[C@@H]2c2cccs2)cc1Cl. The van der Waals surface area contributed by atoms with E-state index in [4.69, 9.17) is 25.8 Å². The summed E-state index contributed by atoms with van der Waals surface area (Å²) in [7, 11) is 4.84. The minimum atomic E-state index is -0.100. The number of rotatable bonds is 7. The van der Waals surface area contributed by atoms with Crippen molar-refractivity contribution in [3.05, 3.63) is 68.9 Å². The minimum absolute atomic E-state index is 0.0382. The maximum Gasteiger partial charge on any atom is 0.238 e. The zero-order chi connectivity index (χ0) is 22.7. The van der Waals surface area contributed by atoms with Gasteiger partial charge in [-0.3, -0.25) is 9.69 Å². The first kappa shape index (κ1) is 22.5. The zero-order valence-corrected chi connectivity index (χ0v) is 19.8. The molecule has 4 rings (SSSR count). The summed E-state index contributed by atoms with van der Waals surface area (Å²) in [6, 6.07) is 13.4. The Morgan fingerprint density at radius 2 is 1.84 bits per heavy atom.